The van der Waals surface area contributed by atoms with Gasteiger partial charge in [-0.2, -0.15) is 8.82 Å². The standard InChI is InChI=1S/C19H24N6O3S/c1-13-14(2)17(6-5-16(13)28-4)29(26,27)24-11-9-23(10-12-24)19-8-7-18-21-20-15(3)25(18)22-19/h5-8H,9-12H2,1-4H3. The van der Waals surface area contributed by atoms with Gasteiger partial charge in [-0.1, -0.05) is 0 Å². The smallest absolute Gasteiger partial charge is 0.243 e. The maximum absolute atomic E-state index is 13.2. The van der Waals surface area contributed by atoms with Gasteiger partial charge in [-0.15, -0.1) is 15.3 Å². The Morgan fingerprint density at radius 1 is 0.931 bits per heavy atom. The molecule has 154 valence electrons. The second-order valence-corrected chi connectivity index (χ2v) is 9.02. The average Bonchev–Trinajstić information content (AvgIpc) is 3.10. The first kappa shape index (κ1) is 19.6. The van der Waals surface area contributed by atoms with E-state index in [1.165, 1.54) is 0 Å². The number of anilines is 1. The number of aromatic nitrogens is 4. The summed E-state index contributed by atoms with van der Waals surface area (Å²) >= 11 is 0. The fourth-order valence-corrected chi connectivity index (χ4v) is 5.33. The molecule has 3 heterocycles. The zero-order valence-corrected chi connectivity index (χ0v) is 17.8. The van der Waals surface area contributed by atoms with Gasteiger partial charge in [-0.25, -0.2) is 8.42 Å². The zero-order chi connectivity index (χ0) is 20.8. The molecule has 0 atom stereocenters. The Morgan fingerprint density at radius 2 is 1.66 bits per heavy atom. The van der Waals surface area contributed by atoms with Crippen molar-refractivity contribution in [3.05, 3.63) is 41.2 Å². The first-order chi connectivity index (χ1) is 13.8. The Hall–Kier alpha value is -2.72. The monoisotopic (exact) mass is 416 g/mol. The number of benzene rings is 1. The molecule has 0 amide bonds. The summed E-state index contributed by atoms with van der Waals surface area (Å²) in [6, 6.07) is 7.11. The summed E-state index contributed by atoms with van der Waals surface area (Å²) in [6.07, 6.45) is 0. The number of ether oxygens (including phenoxy) is 1. The molecule has 1 fully saturated rings. The maximum atomic E-state index is 13.2. The van der Waals surface area contributed by atoms with Crippen LogP contribution in [0.15, 0.2) is 29.2 Å². The van der Waals surface area contributed by atoms with Crippen molar-refractivity contribution in [2.75, 3.05) is 38.2 Å². The van der Waals surface area contributed by atoms with Crippen LogP contribution < -0.4 is 9.64 Å². The molecule has 1 aliphatic rings. The van der Waals surface area contributed by atoms with Crippen molar-refractivity contribution in [2.45, 2.75) is 25.7 Å². The van der Waals surface area contributed by atoms with E-state index in [1.807, 2.05) is 32.9 Å². The van der Waals surface area contributed by atoms with Gasteiger partial charge in [0.15, 0.2) is 11.5 Å². The van der Waals surface area contributed by atoms with Gasteiger partial charge in [0.2, 0.25) is 10.0 Å². The summed E-state index contributed by atoms with van der Waals surface area (Å²) in [4.78, 5) is 2.42. The third-order valence-corrected chi connectivity index (χ3v) is 7.54. The van der Waals surface area contributed by atoms with Gasteiger partial charge < -0.3 is 9.64 Å². The SMILES string of the molecule is COc1ccc(S(=O)(=O)N2CCN(c3ccc4nnc(C)n4n3)CC2)c(C)c1C. The quantitative estimate of drug-likeness (QED) is 0.637. The highest BCUT2D eigenvalue weighted by atomic mass is 32.2. The van der Waals surface area contributed by atoms with Crippen molar-refractivity contribution in [3.8, 4) is 5.75 Å². The number of aryl methyl sites for hydroxylation is 1. The Labute approximate surface area is 170 Å². The molecule has 0 spiro atoms. The van der Waals surface area contributed by atoms with Crippen LogP contribution in [0, 0.1) is 20.8 Å². The lowest BCUT2D eigenvalue weighted by Crippen LogP contribution is -2.49. The van der Waals surface area contributed by atoms with Crippen molar-refractivity contribution in [1.82, 2.24) is 24.1 Å². The first-order valence-corrected chi connectivity index (χ1v) is 10.9. The van der Waals surface area contributed by atoms with Crippen LogP contribution in [0.2, 0.25) is 0 Å². The number of hydrogen-bond acceptors (Lipinski definition) is 7. The molecule has 0 saturated carbocycles. The van der Waals surface area contributed by atoms with Crippen molar-refractivity contribution in [2.24, 2.45) is 0 Å². The van der Waals surface area contributed by atoms with Gasteiger partial charge in [-0.3, -0.25) is 0 Å². The van der Waals surface area contributed by atoms with E-state index in [2.05, 4.69) is 20.2 Å². The minimum absolute atomic E-state index is 0.337. The lowest BCUT2D eigenvalue weighted by atomic mass is 10.1. The second-order valence-electron chi connectivity index (χ2n) is 7.12. The van der Waals surface area contributed by atoms with E-state index in [-0.39, 0.29) is 0 Å². The first-order valence-electron chi connectivity index (χ1n) is 9.41. The molecule has 0 aliphatic carbocycles. The van der Waals surface area contributed by atoms with Crippen molar-refractivity contribution in [1.29, 1.82) is 0 Å². The van der Waals surface area contributed by atoms with Gasteiger partial charge in [0.1, 0.15) is 11.6 Å². The van der Waals surface area contributed by atoms with Crippen LogP contribution in [0.3, 0.4) is 0 Å². The molecule has 0 N–H and O–H groups in total. The number of sulfonamides is 1. The number of nitrogens with zero attached hydrogens (tertiary/aromatic N) is 6. The van der Waals surface area contributed by atoms with Crippen LogP contribution in [-0.4, -0.2) is 65.8 Å². The minimum Gasteiger partial charge on any atom is -0.496 e. The van der Waals surface area contributed by atoms with Crippen LogP contribution in [0.25, 0.3) is 5.65 Å². The average molecular weight is 417 g/mol. The predicted octanol–water partition coefficient (Wildman–Crippen LogP) is 1.57. The fourth-order valence-electron chi connectivity index (χ4n) is 3.62. The summed E-state index contributed by atoms with van der Waals surface area (Å²) in [6.45, 7) is 7.46. The van der Waals surface area contributed by atoms with Crippen molar-refractivity contribution >= 4 is 21.5 Å². The van der Waals surface area contributed by atoms with E-state index in [0.29, 0.717) is 48.3 Å². The highest BCUT2D eigenvalue weighted by molar-refractivity contribution is 7.89. The largest absolute Gasteiger partial charge is 0.496 e. The molecule has 10 heteroatoms. The third-order valence-electron chi connectivity index (χ3n) is 5.49. The van der Waals surface area contributed by atoms with E-state index in [0.717, 1.165) is 16.9 Å². The number of methoxy groups -OCH3 is 1. The Bertz CT molecular complexity index is 1170. The molecule has 1 saturated heterocycles. The lowest BCUT2D eigenvalue weighted by molar-refractivity contribution is 0.382. The number of piperazine rings is 1. The lowest BCUT2D eigenvalue weighted by Gasteiger charge is -2.34. The molecule has 2 aromatic heterocycles. The molecule has 29 heavy (non-hydrogen) atoms. The van der Waals surface area contributed by atoms with Gasteiger partial charge in [0.05, 0.1) is 12.0 Å². The van der Waals surface area contributed by atoms with Crippen LogP contribution in [0.4, 0.5) is 5.82 Å². The number of hydrogen-bond donors (Lipinski definition) is 0. The summed E-state index contributed by atoms with van der Waals surface area (Å²) in [5.74, 6) is 2.19. The Kier molecular flexibility index (Phi) is 4.91. The maximum Gasteiger partial charge on any atom is 0.243 e. The predicted molar refractivity (Wildman–Crippen MR) is 109 cm³/mol. The van der Waals surface area contributed by atoms with Crippen LogP contribution in [-0.2, 0) is 10.0 Å². The number of fused-ring (bicyclic) bond motifs is 1. The van der Waals surface area contributed by atoms with Gasteiger partial charge in [0, 0.05) is 26.2 Å². The van der Waals surface area contributed by atoms with E-state index < -0.39 is 10.0 Å². The Balaban J connectivity index is 1.54. The molecular formula is C19H24N6O3S. The zero-order valence-electron chi connectivity index (χ0n) is 17.0. The molecule has 4 rings (SSSR count). The fraction of sp³-hybridized carbons (Fsp3) is 0.421. The van der Waals surface area contributed by atoms with Gasteiger partial charge >= 0.3 is 0 Å². The molecule has 9 nitrogen and oxygen atoms in total. The summed E-state index contributed by atoms with van der Waals surface area (Å²) < 4.78 is 35.0. The van der Waals surface area contributed by atoms with E-state index >= 15 is 0 Å². The van der Waals surface area contributed by atoms with Crippen molar-refractivity contribution in [3.63, 3.8) is 0 Å². The molecule has 0 unspecified atom stereocenters. The molecular weight excluding hydrogens is 392 g/mol. The highest BCUT2D eigenvalue weighted by Gasteiger charge is 2.31. The van der Waals surface area contributed by atoms with Crippen LogP contribution >= 0.6 is 0 Å². The van der Waals surface area contributed by atoms with Gasteiger partial charge in [-0.05, 0) is 56.2 Å². The van der Waals surface area contributed by atoms with Gasteiger partial charge in [0.25, 0.3) is 0 Å². The highest BCUT2D eigenvalue weighted by Crippen LogP contribution is 2.29. The van der Waals surface area contributed by atoms with Crippen LogP contribution in [0.5, 0.6) is 5.75 Å². The Morgan fingerprint density at radius 3 is 2.34 bits per heavy atom. The van der Waals surface area contributed by atoms with Crippen LogP contribution in [0.1, 0.15) is 17.0 Å². The van der Waals surface area contributed by atoms with E-state index in [9.17, 15) is 8.42 Å². The summed E-state index contributed by atoms with van der Waals surface area (Å²) in [5, 5.41) is 12.7. The van der Waals surface area contributed by atoms with E-state index in [4.69, 9.17) is 4.74 Å². The molecule has 0 radical (unpaired) electrons. The molecule has 1 aromatic carbocycles. The minimum atomic E-state index is -3.57. The summed E-state index contributed by atoms with van der Waals surface area (Å²) in [7, 11) is -1.99. The molecule has 1 aliphatic heterocycles. The second kappa shape index (κ2) is 7.27. The van der Waals surface area contributed by atoms with Crippen molar-refractivity contribution < 1.29 is 13.2 Å². The third kappa shape index (κ3) is 3.32. The molecule has 3 aromatic rings. The normalized spacial score (nSPS) is 15.8. The van der Waals surface area contributed by atoms with E-state index in [1.54, 1.807) is 28.1 Å². The topological polar surface area (TPSA) is 92.9 Å². The summed E-state index contributed by atoms with van der Waals surface area (Å²) in [5.41, 5.74) is 2.26. The molecule has 0 bridgehead atoms. The number of rotatable bonds is 4.